The van der Waals surface area contributed by atoms with E-state index < -0.39 is 0 Å². The highest BCUT2D eigenvalue weighted by Gasteiger charge is 2.12. The summed E-state index contributed by atoms with van der Waals surface area (Å²) in [5.41, 5.74) is 1.95. The summed E-state index contributed by atoms with van der Waals surface area (Å²) >= 11 is 5.82. The van der Waals surface area contributed by atoms with Gasteiger partial charge in [-0.15, -0.1) is 0 Å². The summed E-state index contributed by atoms with van der Waals surface area (Å²) in [7, 11) is 1.88. The molecule has 0 saturated carbocycles. The Bertz CT molecular complexity index is 927. The first kappa shape index (κ1) is 17.1. The van der Waals surface area contributed by atoms with Gasteiger partial charge in [0, 0.05) is 17.1 Å². The van der Waals surface area contributed by atoms with Gasteiger partial charge in [0.1, 0.15) is 12.9 Å². The predicted molar refractivity (Wildman–Crippen MR) is 96.4 cm³/mol. The van der Waals surface area contributed by atoms with Crippen molar-refractivity contribution in [2.24, 2.45) is 0 Å². The Morgan fingerprint density at radius 1 is 1.12 bits per heavy atom. The fourth-order valence-corrected chi connectivity index (χ4v) is 2.59. The van der Waals surface area contributed by atoms with Crippen molar-refractivity contribution in [2.45, 2.75) is 13.1 Å². The topological polar surface area (TPSA) is 68.9 Å². The molecule has 0 aliphatic rings. The van der Waals surface area contributed by atoms with Gasteiger partial charge in [0.05, 0.1) is 5.69 Å². The minimum atomic E-state index is -0.358. The Morgan fingerprint density at radius 2 is 1.80 bits per heavy atom. The molecule has 3 rings (SSSR count). The summed E-state index contributed by atoms with van der Waals surface area (Å²) in [5.74, 6) is -0.201. The molecule has 7 heteroatoms. The molecule has 6 nitrogen and oxygen atoms in total. The van der Waals surface area contributed by atoms with Crippen LogP contribution in [0.2, 0.25) is 5.02 Å². The monoisotopic (exact) mass is 356 g/mol. The minimum absolute atomic E-state index is 0.120. The molecule has 128 valence electrons. The molecule has 1 heterocycles. The van der Waals surface area contributed by atoms with Crippen LogP contribution in [0.4, 0.5) is 0 Å². The number of rotatable bonds is 6. The Kier molecular flexibility index (Phi) is 5.11. The quantitative estimate of drug-likeness (QED) is 0.688. The maximum atomic E-state index is 12.5. The van der Waals surface area contributed by atoms with E-state index in [2.05, 4.69) is 10.4 Å². The Hall–Kier alpha value is -2.70. The highest BCUT2D eigenvalue weighted by Crippen LogP contribution is 2.11. The van der Waals surface area contributed by atoms with Gasteiger partial charge in [0.2, 0.25) is 0 Å². The van der Waals surface area contributed by atoms with E-state index in [1.54, 1.807) is 24.3 Å². The molecule has 3 aromatic rings. The van der Waals surface area contributed by atoms with Crippen molar-refractivity contribution < 1.29 is 4.79 Å². The predicted octanol–water partition coefficient (Wildman–Crippen LogP) is 2.29. The van der Waals surface area contributed by atoms with Crippen LogP contribution >= 0.6 is 11.6 Å². The first-order valence-corrected chi connectivity index (χ1v) is 8.13. The zero-order valence-corrected chi connectivity index (χ0v) is 14.4. The second-order valence-electron chi connectivity index (χ2n) is 5.57. The number of Topliss-reactive ketones (excluding diaryl/α,β-unsaturated/α-hetero) is 1. The van der Waals surface area contributed by atoms with Crippen LogP contribution in [0.25, 0.3) is 5.69 Å². The molecule has 0 saturated heterocycles. The van der Waals surface area contributed by atoms with Gasteiger partial charge in [0.25, 0.3) is 0 Å². The van der Waals surface area contributed by atoms with Crippen LogP contribution in [0.5, 0.6) is 0 Å². The normalized spacial score (nSPS) is 10.8. The van der Waals surface area contributed by atoms with Crippen molar-refractivity contribution in [1.82, 2.24) is 19.7 Å². The summed E-state index contributed by atoms with van der Waals surface area (Å²) in [6.07, 6.45) is 1.42. The average molecular weight is 357 g/mol. The SMILES string of the molecule is CNCc1ccc(-n2cnn(CC(=O)c3ccc(Cl)cc3)c2=O)cc1. The van der Waals surface area contributed by atoms with Crippen molar-refractivity contribution in [3.8, 4) is 5.69 Å². The standard InChI is InChI=1S/C18H17ClN4O2/c1-20-10-13-2-8-16(9-3-13)22-12-21-23(18(22)25)11-17(24)14-4-6-15(19)7-5-14/h2-9,12,20H,10-11H2,1H3. The molecular formula is C18H17ClN4O2. The number of aromatic nitrogens is 3. The van der Waals surface area contributed by atoms with Crippen LogP contribution in [0.3, 0.4) is 0 Å². The maximum Gasteiger partial charge on any atom is 0.350 e. The van der Waals surface area contributed by atoms with Crippen LogP contribution < -0.4 is 11.0 Å². The summed E-state index contributed by atoms with van der Waals surface area (Å²) in [5, 5.41) is 7.67. The van der Waals surface area contributed by atoms with Crippen LogP contribution in [-0.4, -0.2) is 27.2 Å². The minimum Gasteiger partial charge on any atom is -0.316 e. The van der Waals surface area contributed by atoms with Crippen molar-refractivity contribution in [2.75, 3.05) is 7.05 Å². The van der Waals surface area contributed by atoms with Crippen LogP contribution in [-0.2, 0) is 13.1 Å². The van der Waals surface area contributed by atoms with E-state index in [0.29, 0.717) is 16.3 Å². The number of carbonyl (C=O) groups is 1. The van der Waals surface area contributed by atoms with Crippen molar-refractivity contribution >= 4 is 17.4 Å². The average Bonchev–Trinajstić information content (AvgIpc) is 2.97. The second-order valence-corrected chi connectivity index (χ2v) is 6.00. The zero-order valence-electron chi connectivity index (χ0n) is 13.6. The summed E-state index contributed by atoms with van der Waals surface area (Å²) in [6, 6.07) is 14.1. The fourth-order valence-electron chi connectivity index (χ4n) is 2.46. The zero-order chi connectivity index (χ0) is 17.8. The van der Waals surface area contributed by atoms with E-state index in [0.717, 1.165) is 16.8 Å². The number of carbonyl (C=O) groups excluding carboxylic acids is 1. The number of halogens is 1. The summed E-state index contributed by atoms with van der Waals surface area (Å²) < 4.78 is 2.57. The molecule has 0 bridgehead atoms. The van der Waals surface area contributed by atoms with Gasteiger partial charge in [-0.2, -0.15) is 5.10 Å². The van der Waals surface area contributed by atoms with Crippen molar-refractivity contribution in [1.29, 1.82) is 0 Å². The van der Waals surface area contributed by atoms with E-state index in [4.69, 9.17) is 11.6 Å². The van der Waals surface area contributed by atoms with Gasteiger partial charge < -0.3 is 5.32 Å². The third kappa shape index (κ3) is 3.87. The van der Waals surface area contributed by atoms with Gasteiger partial charge in [-0.25, -0.2) is 14.0 Å². The van der Waals surface area contributed by atoms with E-state index in [1.807, 2.05) is 31.3 Å². The molecule has 0 radical (unpaired) electrons. The van der Waals surface area contributed by atoms with Crippen molar-refractivity contribution in [3.05, 3.63) is 81.5 Å². The number of ketones is 1. The molecule has 1 aromatic heterocycles. The number of hydrogen-bond donors (Lipinski definition) is 1. The van der Waals surface area contributed by atoms with Crippen LogP contribution in [0.15, 0.2) is 59.7 Å². The third-order valence-corrected chi connectivity index (χ3v) is 4.04. The molecule has 0 aliphatic heterocycles. The number of hydrogen-bond acceptors (Lipinski definition) is 4. The first-order valence-electron chi connectivity index (χ1n) is 7.75. The smallest absolute Gasteiger partial charge is 0.316 e. The maximum absolute atomic E-state index is 12.5. The lowest BCUT2D eigenvalue weighted by atomic mass is 10.1. The molecule has 25 heavy (non-hydrogen) atoms. The van der Waals surface area contributed by atoms with Gasteiger partial charge in [-0.05, 0) is 49.0 Å². The highest BCUT2D eigenvalue weighted by atomic mass is 35.5. The number of benzene rings is 2. The number of nitrogens with one attached hydrogen (secondary N) is 1. The van der Waals surface area contributed by atoms with Crippen LogP contribution in [0, 0.1) is 0 Å². The number of nitrogens with zero attached hydrogens (tertiary/aromatic N) is 3. The van der Waals surface area contributed by atoms with Gasteiger partial charge in [0.15, 0.2) is 5.78 Å². The van der Waals surface area contributed by atoms with Crippen LogP contribution in [0.1, 0.15) is 15.9 Å². The van der Waals surface area contributed by atoms with E-state index >= 15 is 0 Å². The molecule has 0 aliphatic carbocycles. The fraction of sp³-hybridized carbons (Fsp3) is 0.167. The Balaban J connectivity index is 1.80. The molecule has 0 unspecified atom stereocenters. The molecule has 0 amide bonds. The second kappa shape index (κ2) is 7.46. The summed E-state index contributed by atoms with van der Waals surface area (Å²) in [6.45, 7) is 0.634. The van der Waals surface area contributed by atoms with E-state index in [1.165, 1.54) is 10.9 Å². The lowest BCUT2D eigenvalue weighted by Crippen LogP contribution is -2.27. The lowest BCUT2D eigenvalue weighted by molar-refractivity contribution is 0.0966. The van der Waals surface area contributed by atoms with Gasteiger partial charge in [-0.1, -0.05) is 23.7 Å². The van der Waals surface area contributed by atoms with E-state index in [9.17, 15) is 9.59 Å². The largest absolute Gasteiger partial charge is 0.350 e. The Morgan fingerprint density at radius 3 is 2.44 bits per heavy atom. The van der Waals surface area contributed by atoms with E-state index in [-0.39, 0.29) is 18.0 Å². The lowest BCUT2D eigenvalue weighted by Gasteiger charge is -2.03. The molecule has 0 spiro atoms. The molecule has 2 aromatic carbocycles. The molecule has 0 fully saturated rings. The van der Waals surface area contributed by atoms with Crippen molar-refractivity contribution in [3.63, 3.8) is 0 Å². The Labute approximate surface area is 149 Å². The molecule has 0 atom stereocenters. The van der Waals surface area contributed by atoms with Gasteiger partial charge >= 0.3 is 5.69 Å². The molecule has 1 N–H and O–H groups in total. The summed E-state index contributed by atoms with van der Waals surface area (Å²) in [4.78, 5) is 24.8. The highest BCUT2D eigenvalue weighted by molar-refractivity contribution is 6.30. The first-order chi connectivity index (χ1) is 12.1. The molecular weight excluding hydrogens is 340 g/mol. The third-order valence-electron chi connectivity index (χ3n) is 3.79. The van der Waals surface area contributed by atoms with Gasteiger partial charge in [-0.3, -0.25) is 4.79 Å².